The Morgan fingerprint density at radius 1 is 0.765 bits per heavy atom. The zero-order chi connectivity index (χ0) is 13.5. The van der Waals surface area contributed by atoms with Crippen molar-refractivity contribution >= 4 is 22.6 Å². The maximum absolute atomic E-state index is 13.7. The molecule has 0 unspecified atom stereocenters. The lowest BCUT2D eigenvalue weighted by atomic mass is 9.77. The van der Waals surface area contributed by atoms with Gasteiger partial charge < -0.3 is 0 Å². The second-order valence-corrected chi connectivity index (χ2v) is 5.71. The Hall–Kier alpha value is 0.240. The Morgan fingerprint density at radius 2 is 1.18 bits per heavy atom. The van der Waals surface area contributed by atoms with Gasteiger partial charge in [0.2, 0.25) is 0 Å². The number of hydrogen-bond donors (Lipinski definition) is 0. The first kappa shape index (κ1) is 15.3. The summed E-state index contributed by atoms with van der Waals surface area (Å²) in [5.74, 6) is -2.04. The van der Waals surface area contributed by atoms with Gasteiger partial charge in [0.1, 0.15) is 0 Å². The molecule has 0 aliphatic heterocycles. The lowest BCUT2D eigenvalue weighted by Gasteiger charge is -2.40. The van der Waals surface area contributed by atoms with E-state index in [0.717, 1.165) is 0 Å². The lowest BCUT2D eigenvalue weighted by Crippen LogP contribution is -2.60. The summed E-state index contributed by atoms with van der Waals surface area (Å²) in [6.07, 6.45) is -11.3. The van der Waals surface area contributed by atoms with Crippen LogP contribution in [-0.2, 0) is 0 Å². The smallest absolute Gasteiger partial charge is 0.223 e. The maximum Gasteiger partial charge on any atom is 0.431 e. The van der Waals surface area contributed by atoms with Gasteiger partial charge in [0, 0.05) is 9.84 Å². The van der Waals surface area contributed by atoms with Crippen molar-refractivity contribution in [3.8, 4) is 0 Å². The molecule has 0 saturated heterocycles. The molecular weight excluding hydrogens is 368 g/mol. The third-order valence-electron chi connectivity index (χ3n) is 3.02. The van der Waals surface area contributed by atoms with Gasteiger partial charge in [-0.1, -0.05) is 35.4 Å². The van der Waals surface area contributed by atoms with Crippen molar-refractivity contribution in [3.63, 3.8) is 0 Å². The highest BCUT2D eigenvalue weighted by atomic mass is 127. The summed E-state index contributed by atoms with van der Waals surface area (Å²) < 4.78 is 87.5. The first-order valence-corrected chi connectivity index (χ1v) is 6.23. The minimum absolute atomic E-state index is 0.184. The zero-order valence-corrected chi connectivity index (χ0v) is 10.7. The zero-order valence-electron chi connectivity index (χ0n) is 8.51. The molecular formula is C9H10F7I. The molecule has 1 rings (SSSR count). The van der Waals surface area contributed by atoms with Crippen LogP contribution in [0.2, 0.25) is 0 Å². The van der Waals surface area contributed by atoms with Crippen LogP contribution in [0.25, 0.3) is 0 Å². The predicted octanol–water partition coefficient (Wildman–Crippen LogP) is 4.81. The molecule has 17 heavy (non-hydrogen) atoms. The number of rotatable bonds is 1. The molecule has 1 fully saturated rings. The molecule has 0 bridgehead atoms. The largest absolute Gasteiger partial charge is 0.431 e. The lowest BCUT2D eigenvalue weighted by molar-refractivity contribution is -0.359. The first-order chi connectivity index (χ1) is 7.52. The van der Waals surface area contributed by atoms with Gasteiger partial charge in [-0.05, 0) is 12.8 Å². The summed E-state index contributed by atoms with van der Waals surface area (Å²) >= 11 is 1.48. The van der Waals surface area contributed by atoms with E-state index in [9.17, 15) is 30.7 Å². The summed E-state index contributed by atoms with van der Waals surface area (Å²) in [7, 11) is 0. The van der Waals surface area contributed by atoms with Crippen LogP contribution >= 0.6 is 22.6 Å². The highest BCUT2D eigenvalue weighted by molar-refractivity contribution is 14.1. The van der Waals surface area contributed by atoms with Crippen molar-refractivity contribution in [3.05, 3.63) is 0 Å². The Bertz CT molecular complexity index is 255. The summed E-state index contributed by atoms with van der Waals surface area (Å²) in [5, 5.41) is 0. The van der Waals surface area contributed by atoms with Crippen LogP contribution in [0, 0.1) is 5.92 Å². The van der Waals surface area contributed by atoms with E-state index in [1.54, 1.807) is 0 Å². The van der Waals surface area contributed by atoms with E-state index in [0.29, 0.717) is 6.42 Å². The molecule has 1 aliphatic carbocycles. The third-order valence-corrected chi connectivity index (χ3v) is 4.51. The molecule has 1 saturated carbocycles. The van der Waals surface area contributed by atoms with E-state index in [2.05, 4.69) is 0 Å². The van der Waals surface area contributed by atoms with Crippen molar-refractivity contribution in [2.45, 2.75) is 47.6 Å². The molecule has 8 heteroatoms. The molecule has 0 N–H and O–H groups in total. The Morgan fingerprint density at radius 3 is 1.53 bits per heavy atom. The van der Waals surface area contributed by atoms with E-state index in [1.165, 1.54) is 22.6 Å². The van der Waals surface area contributed by atoms with Gasteiger partial charge in [-0.15, -0.1) is 0 Å². The van der Waals surface area contributed by atoms with Crippen molar-refractivity contribution in [1.29, 1.82) is 0 Å². The van der Waals surface area contributed by atoms with Crippen LogP contribution in [-0.4, -0.2) is 21.9 Å². The van der Waals surface area contributed by atoms with E-state index < -0.39 is 27.9 Å². The van der Waals surface area contributed by atoms with Gasteiger partial charge in [-0.3, -0.25) is 0 Å². The second-order valence-electron chi connectivity index (χ2n) is 4.11. The molecule has 0 nitrogen and oxygen atoms in total. The SMILES string of the molecule is FC(F)(F)C(F)([C@@H]1CCCC[C@H]1I)C(F)(F)F. The Labute approximate surface area is 107 Å². The van der Waals surface area contributed by atoms with Crippen LogP contribution in [0.15, 0.2) is 0 Å². The monoisotopic (exact) mass is 378 g/mol. The third kappa shape index (κ3) is 2.65. The van der Waals surface area contributed by atoms with Crippen molar-refractivity contribution in [2.75, 3.05) is 0 Å². The highest BCUT2D eigenvalue weighted by Gasteiger charge is 2.76. The topological polar surface area (TPSA) is 0 Å². The average Bonchev–Trinajstić information content (AvgIpc) is 2.13. The molecule has 0 aromatic heterocycles. The fourth-order valence-corrected chi connectivity index (χ4v) is 3.41. The van der Waals surface area contributed by atoms with Crippen LogP contribution in [0.5, 0.6) is 0 Å². The standard InChI is InChI=1S/C9H10F7I/c10-7(8(11,12)13,9(14,15)16)5-3-1-2-4-6(5)17/h5-6H,1-4H2/t5-,6-/m1/s1. The number of hydrogen-bond acceptors (Lipinski definition) is 0. The van der Waals surface area contributed by atoms with Gasteiger partial charge in [-0.2, -0.15) is 26.3 Å². The highest BCUT2D eigenvalue weighted by Crippen LogP contribution is 2.55. The molecule has 0 aromatic rings. The molecule has 102 valence electrons. The molecule has 0 aromatic carbocycles. The van der Waals surface area contributed by atoms with Gasteiger partial charge in [0.25, 0.3) is 0 Å². The number of alkyl halides is 8. The second kappa shape index (κ2) is 4.73. The van der Waals surface area contributed by atoms with E-state index in [1.807, 2.05) is 0 Å². The minimum atomic E-state index is -5.92. The van der Waals surface area contributed by atoms with Crippen molar-refractivity contribution in [1.82, 2.24) is 0 Å². The van der Waals surface area contributed by atoms with Crippen LogP contribution in [0.4, 0.5) is 30.7 Å². The van der Waals surface area contributed by atoms with Gasteiger partial charge in [0.15, 0.2) is 0 Å². The van der Waals surface area contributed by atoms with E-state index >= 15 is 0 Å². The molecule has 1 aliphatic rings. The van der Waals surface area contributed by atoms with Crippen LogP contribution in [0.1, 0.15) is 25.7 Å². The first-order valence-electron chi connectivity index (χ1n) is 4.98. The fraction of sp³-hybridized carbons (Fsp3) is 1.00. The van der Waals surface area contributed by atoms with Crippen LogP contribution < -0.4 is 0 Å². The molecule has 0 spiro atoms. The quantitative estimate of drug-likeness (QED) is 0.349. The van der Waals surface area contributed by atoms with Crippen molar-refractivity contribution in [2.24, 2.45) is 5.92 Å². The Balaban J connectivity index is 3.15. The molecule has 0 heterocycles. The summed E-state index contributed by atoms with van der Waals surface area (Å²) in [4.78, 5) is 0. The minimum Gasteiger partial charge on any atom is -0.223 e. The average molecular weight is 378 g/mol. The molecule has 0 amide bonds. The summed E-state index contributed by atoms with van der Waals surface area (Å²) in [6, 6.07) is 0. The van der Waals surface area contributed by atoms with E-state index in [-0.39, 0.29) is 19.3 Å². The molecule has 0 radical (unpaired) electrons. The normalized spacial score (nSPS) is 28.2. The fourth-order valence-electron chi connectivity index (χ4n) is 2.11. The van der Waals surface area contributed by atoms with Crippen LogP contribution in [0.3, 0.4) is 0 Å². The summed E-state index contributed by atoms with van der Waals surface area (Å²) in [6.45, 7) is 0. The van der Waals surface area contributed by atoms with Crippen molar-refractivity contribution < 1.29 is 30.7 Å². The van der Waals surface area contributed by atoms with Gasteiger partial charge in [0.05, 0.1) is 0 Å². The van der Waals surface area contributed by atoms with Gasteiger partial charge >= 0.3 is 18.0 Å². The Kier molecular flexibility index (Phi) is 4.26. The molecule has 2 atom stereocenters. The summed E-state index contributed by atoms with van der Waals surface area (Å²) in [5.41, 5.74) is -5.09. The number of halogens is 8. The predicted molar refractivity (Wildman–Crippen MR) is 55.7 cm³/mol. The maximum atomic E-state index is 13.7. The van der Waals surface area contributed by atoms with Gasteiger partial charge in [-0.25, -0.2) is 4.39 Å². The van der Waals surface area contributed by atoms with E-state index in [4.69, 9.17) is 0 Å².